The van der Waals surface area contributed by atoms with Gasteiger partial charge in [0.15, 0.2) is 0 Å². The number of aryl methyl sites for hydroxylation is 1. The maximum Gasteiger partial charge on any atom is 0.246 e. The summed E-state index contributed by atoms with van der Waals surface area (Å²) in [5.41, 5.74) is 1.73. The van der Waals surface area contributed by atoms with Crippen molar-refractivity contribution < 1.29 is 4.79 Å². The normalized spacial score (nSPS) is 11.4. The zero-order valence-electron chi connectivity index (χ0n) is 11.2. The summed E-state index contributed by atoms with van der Waals surface area (Å²) in [6.45, 7) is 5.95. The number of likely N-dealkylation sites (N-methyl/N-ethyl adjacent to an activating group) is 1. The summed E-state index contributed by atoms with van der Waals surface area (Å²) in [4.78, 5) is 12.0. The molecule has 0 aliphatic heterocycles. The van der Waals surface area contributed by atoms with Crippen molar-refractivity contribution in [3.8, 4) is 0 Å². The molecule has 0 bridgehead atoms. The minimum absolute atomic E-state index is 0.0826. The first kappa shape index (κ1) is 13.7. The molecule has 0 atom stereocenters. The third-order valence-corrected chi connectivity index (χ3v) is 3.07. The van der Waals surface area contributed by atoms with Crippen LogP contribution in [0.5, 0.6) is 0 Å². The zero-order valence-corrected chi connectivity index (χ0v) is 11.2. The van der Waals surface area contributed by atoms with Crippen molar-refractivity contribution in [3.05, 3.63) is 35.4 Å². The summed E-state index contributed by atoms with van der Waals surface area (Å²) in [7, 11) is 1.58. The second kappa shape index (κ2) is 5.32. The smallest absolute Gasteiger partial charge is 0.246 e. The minimum atomic E-state index is -0.575. The predicted molar refractivity (Wildman–Crippen MR) is 70.4 cm³/mol. The Morgan fingerprint density at radius 1 is 1.29 bits per heavy atom. The highest BCUT2D eigenvalue weighted by molar-refractivity contribution is 5.86. The zero-order chi connectivity index (χ0) is 13.1. The summed E-state index contributed by atoms with van der Waals surface area (Å²) in [6, 6.07) is 8.22. The van der Waals surface area contributed by atoms with Gasteiger partial charge in [-0.25, -0.2) is 5.84 Å². The molecule has 2 N–H and O–H groups in total. The van der Waals surface area contributed by atoms with Gasteiger partial charge in [0.2, 0.25) is 5.91 Å². The van der Waals surface area contributed by atoms with Crippen LogP contribution in [0.4, 0.5) is 0 Å². The van der Waals surface area contributed by atoms with Crippen molar-refractivity contribution in [1.29, 1.82) is 0 Å². The molecular weight excluding hydrogens is 212 g/mol. The van der Waals surface area contributed by atoms with Crippen LogP contribution in [0.15, 0.2) is 24.3 Å². The lowest BCUT2D eigenvalue weighted by Crippen LogP contribution is -2.44. The number of hydrazine groups is 1. The lowest BCUT2D eigenvalue weighted by molar-refractivity contribution is -0.135. The van der Waals surface area contributed by atoms with Gasteiger partial charge in [0, 0.05) is 7.05 Å². The van der Waals surface area contributed by atoms with Gasteiger partial charge < -0.3 is 0 Å². The molecule has 0 aliphatic carbocycles. The Labute approximate surface area is 104 Å². The van der Waals surface area contributed by atoms with Crippen LogP contribution in [0.1, 0.15) is 38.3 Å². The average Bonchev–Trinajstić information content (AvgIpc) is 2.29. The van der Waals surface area contributed by atoms with Crippen molar-refractivity contribution in [1.82, 2.24) is 5.01 Å². The number of amides is 1. The SMILES string of the molecule is CCCc1ccc(C(C)(C)C(=O)N(C)N)cc1. The number of benzene rings is 1. The number of carbonyl (C=O) groups excluding carboxylic acids is 1. The molecule has 1 amide bonds. The predicted octanol–water partition coefficient (Wildman–Crippen LogP) is 2.25. The quantitative estimate of drug-likeness (QED) is 0.493. The van der Waals surface area contributed by atoms with Crippen LogP contribution < -0.4 is 5.84 Å². The molecule has 0 radical (unpaired) electrons. The summed E-state index contributed by atoms with van der Waals surface area (Å²) in [5.74, 6) is 5.44. The molecule has 1 aromatic rings. The maximum absolute atomic E-state index is 12.0. The molecular formula is C14H22N2O. The van der Waals surface area contributed by atoms with E-state index in [1.165, 1.54) is 5.56 Å². The van der Waals surface area contributed by atoms with E-state index >= 15 is 0 Å². The second-order valence-electron chi connectivity index (χ2n) is 4.99. The summed E-state index contributed by atoms with van der Waals surface area (Å²) < 4.78 is 0. The van der Waals surface area contributed by atoms with E-state index in [0.29, 0.717) is 0 Å². The van der Waals surface area contributed by atoms with Gasteiger partial charge in [0.05, 0.1) is 5.41 Å². The highest BCUT2D eigenvalue weighted by Gasteiger charge is 2.31. The first-order chi connectivity index (χ1) is 7.89. The Balaban J connectivity index is 2.95. The van der Waals surface area contributed by atoms with Gasteiger partial charge in [0.1, 0.15) is 0 Å². The van der Waals surface area contributed by atoms with Gasteiger partial charge in [-0.1, -0.05) is 37.6 Å². The van der Waals surface area contributed by atoms with Gasteiger partial charge >= 0.3 is 0 Å². The van der Waals surface area contributed by atoms with Gasteiger partial charge in [-0.05, 0) is 31.4 Å². The Bertz CT molecular complexity index is 380. The van der Waals surface area contributed by atoms with Crippen LogP contribution in [0.25, 0.3) is 0 Å². The first-order valence-corrected chi connectivity index (χ1v) is 6.02. The average molecular weight is 234 g/mol. The Hall–Kier alpha value is -1.35. The molecule has 0 aliphatic rings. The Morgan fingerprint density at radius 2 is 1.82 bits per heavy atom. The lowest BCUT2D eigenvalue weighted by atomic mass is 9.83. The summed E-state index contributed by atoms with van der Waals surface area (Å²) >= 11 is 0. The summed E-state index contributed by atoms with van der Waals surface area (Å²) in [5, 5.41) is 1.15. The molecule has 0 saturated heterocycles. The molecule has 1 aromatic carbocycles. The van der Waals surface area contributed by atoms with Crippen LogP contribution in [0, 0.1) is 0 Å². The number of hydrogen-bond donors (Lipinski definition) is 1. The molecule has 0 saturated carbocycles. The highest BCUT2D eigenvalue weighted by Crippen LogP contribution is 2.25. The second-order valence-corrected chi connectivity index (χ2v) is 4.99. The lowest BCUT2D eigenvalue weighted by Gasteiger charge is -2.27. The van der Waals surface area contributed by atoms with Crippen molar-refractivity contribution in [3.63, 3.8) is 0 Å². The van der Waals surface area contributed by atoms with Crippen LogP contribution in [0.2, 0.25) is 0 Å². The molecule has 0 fully saturated rings. The molecule has 3 nitrogen and oxygen atoms in total. The third kappa shape index (κ3) is 3.07. The largest absolute Gasteiger partial charge is 0.283 e. The van der Waals surface area contributed by atoms with E-state index in [-0.39, 0.29) is 5.91 Å². The van der Waals surface area contributed by atoms with E-state index in [0.717, 1.165) is 23.4 Å². The number of hydrogen-bond acceptors (Lipinski definition) is 2. The minimum Gasteiger partial charge on any atom is -0.283 e. The van der Waals surface area contributed by atoms with E-state index in [1.54, 1.807) is 7.05 Å². The van der Waals surface area contributed by atoms with Gasteiger partial charge in [0.25, 0.3) is 0 Å². The van der Waals surface area contributed by atoms with Crippen molar-refractivity contribution in [2.75, 3.05) is 7.05 Å². The molecule has 0 heterocycles. The van der Waals surface area contributed by atoms with Crippen LogP contribution in [-0.4, -0.2) is 18.0 Å². The number of nitrogens with zero attached hydrogens (tertiary/aromatic N) is 1. The monoisotopic (exact) mass is 234 g/mol. The first-order valence-electron chi connectivity index (χ1n) is 6.02. The molecule has 1 rings (SSSR count). The maximum atomic E-state index is 12.0. The van der Waals surface area contributed by atoms with Crippen molar-refractivity contribution in [2.24, 2.45) is 5.84 Å². The Kier molecular flexibility index (Phi) is 4.29. The number of nitrogens with two attached hydrogens (primary N) is 1. The van der Waals surface area contributed by atoms with E-state index < -0.39 is 5.41 Å². The standard InChI is InChI=1S/C14H22N2O/c1-5-6-11-7-9-12(10-8-11)14(2,3)13(17)16(4)15/h7-10H,5-6,15H2,1-4H3. The van der Waals surface area contributed by atoms with E-state index in [9.17, 15) is 4.79 Å². The number of rotatable bonds is 4. The van der Waals surface area contributed by atoms with Gasteiger partial charge in [-0.2, -0.15) is 0 Å². The molecule has 94 valence electrons. The van der Waals surface area contributed by atoms with Crippen LogP contribution in [0.3, 0.4) is 0 Å². The molecule has 0 spiro atoms. The fourth-order valence-corrected chi connectivity index (χ4v) is 1.94. The topological polar surface area (TPSA) is 46.3 Å². The number of carbonyl (C=O) groups is 1. The molecule has 17 heavy (non-hydrogen) atoms. The van der Waals surface area contributed by atoms with Crippen LogP contribution in [-0.2, 0) is 16.6 Å². The molecule has 0 unspecified atom stereocenters. The molecule has 3 heteroatoms. The van der Waals surface area contributed by atoms with E-state index in [4.69, 9.17) is 5.84 Å². The highest BCUT2D eigenvalue weighted by atomic mass is 16.2. The van der Waals surface area contributed by atoms with Crippen LogP contribution >= 0.6 is 0 Å². The van der Waals surface area contributed by atoms with E-state index in [2.05, 4.69) is 19.1 Å². The van der Waals surface area contributed by atoms with Crippen molar-refractivity contribution in [2.45, 2.75) is 39.0 Å². The summed E-state index contributed by atoms with van der Waals surface area (Å²) in [6.07, 6.45) is 2.21. The fraction of sp³-hybridized carbons (Fsp3) is 0.500. The fourth-order valence-electron chi connectivity index (χ4n) is 1.94. The van der Waals surface area contributed by atoms with Crippen molar-refractivity contribution >= 4 is 5.91 Å². The molecule has 0 aromatic heterocycles. The Morgan fingerprint density at radius 3 is 2.24 bits per heavy atom. The van der Waals surface area contributed by atoms with Gasteiger partial charge in [-0.15, -0.1) is 0 Å². The van der Waals surface area contributed by atoms with E-state index in [1.807, 2.05) is 26.0 Å². The third-order valence-electron chi connectivity index (χ3n) is 3.07. The van der Waals surface area contributed by atoms with Gasteiger partial charge in [-0.3, -0.25) is 9.80 Å².